The Morgan fingerprint density at radius 3 is 2.57 bits per heavy atom. The zero-order valence-corrected chi connectivity index (χ0v) is 13.5. The molecule has 114 valence electrons. The number of aromatic carboxylic acids is 1. The highest BCUT2D eigenvalue weighted by molar-refractivity contribution is 7.89. The summed E-state index contributed by atoms with van der Waals surface area (Å²) in [6, 6.07) is 2.31. The number of hydrogen-bond acceptors (Lipinski definition) is 3. The Hall–Kier alpha value is -1.08. The predicted molar refractivity (Wildman–Crippen MR) is 80.6 cm³/mol. The third kappa shape index (κ3) is 3.23. The van der Waals surface area contributed by atoms with E-state index in [1.54, 1.807) is 0 Å². The van der Waals surface area contributed by atoms with Gasteiger partial charge in [0, 0.05) is 18.1 Å². The topological polar surface area (TPSA) is 74.7 Å². The van der Waals surface area contributed by atoms with Gasteiger partial charge in [0.25, 0.3) is 0 Å². The Morgan fingerprint density at radius 1 is 1.33 bits per heavy atom. The van der Waals surface area contributed by atoms with Crippen LogP contribution in [0.3, 0.4) is 0 Å². The summed E-state index contributed by atoms with van der Waals surface area (Å²) < 4.78 is 26.6. The van der Waals surface area contributed by atoms with Crippen molar-refractivity contribution in [3.05, 3.63) is 39.4 Å². The molecule has 0 atom stereocenters. The lowest BCUT2D eigenvalue weighted by Crippen LogP contribution is -2.35. The lowest BCUT2D eigenvalue weighted by Gasteiger charge is -2.26. The van der Waals surface area contributed by atoms with Crippen LogP contribution in [0.4, 0.5) is 0 Å². The molecule has 8 heteroatoms. The van der Waals surface area contributed by atoms with E-state index >= 15 is 0 Å². The Balaban J connectivity index is 2.55. The summed E-state index contributed by atoms with van der Waals surface area (Å²) in [5.41, 5.74) is 0.605. The number of sulfonamides is 1. The number of nitrogens with zero attached hydrogens (tertiary/aromatic N) is 1. The maximum Gasteiger partial charge on any atom is 0.337 e. The molecule has 1 heterocycles. The molecule has 0 saturated carbocycles. The van der Waals surface area contributed by atoms with Crippen molar-refractivity contribution in [2.24, 2.45) is 0 Å². The van der Waals surface area contributed by atoms with Gasteiger partial charge in [-0.2, -0.15) is 4.31 Å². The van der Waals surface area contributed by atoms with Gasteiger partial charge in [0.05, 0.1) is 10.6 Å². The lowest BCUT2D eigenvalue weighted by atomic mass is 10.2. The van der Waals surface area contributed by atoms with E-state index in [0.717, 1.165) is 11.6 Å². The Morgan fingerprint density at radius 2 is 2.00 bits per heavy atom. The van der Waals surface area contributed by atoms with E-state index in [2.05, 4.69) is 0 Å². The zero-order valence-electron chi connectivity index (χ0n) is 11.1. The number of carboxylic acid groups (broad SMARTS) is 1. The quantitative estimate of drug-likeness (QED) is 0.851. The summed E-state index contributed by atoms with van der Waals surface area (Å²) >= 11 is 11.8. The van der Waals surface area contributed by atoms with Crippen molar-refractivity contribution in [3.8, 4) is 0 Å². The molecule has 0 aliphatic carbocycles. The Kier molecular flexibility index (Phi) is 4.63. The summed E-state index contributed by atoms with van der Waals surface area (Å²) in [6.07, 6.45) is 2.57. The largest absolute Gasteiger partial charge is 0.478 e. The average Bonchev–Trinajstić information content (AvgIpc) is 2.40. The molecule has 0 bridgehead atoms. The van der Waals surface area contributed by atoms with Crippen molar-refractivity contribution in [1.82, 2.24) is 4.31 Å². The monoisotopic (exact) mass is 349 g/mol. The fourth-order valence-corrected chi connectivity index (χ4v) is 4.50. The van der Waals surface area contributed by atoms with Crippen LogP contribution in [-0.2, 0) is 10.0 Å². The molecule has 0 saturated heterocycles. The molecule has 1 aromatic rings. The van der Waals surface area contributed by atoms with Crippen molar-refractivity contribution in [3.63, 3.8) is 0 Å². The molecule has 0 spiro atoms. The van der Waals surface area contributed by atoms with Crippen molar-refractivity contribution in [2.75, 3.05) is 13.1 Å². The van der Waals surface area contributed by atoms with Crippen molar-refractivity contribution in [2.45, 2.75) is 18.2 Å². The van der Waals surface area contributed by atoms with Crippen LogP contribution in [0.15, 0.2) is 28.7 Å². The molecule has 21 heavy (non-hydrogen) atoms. The van der Waals surface area contributed by atoms with Crippen LogP contribution in [0.2, 0.25) is 10.0 Å². The van der Waals surface area contributed by atoms with E-state index in [1.807, 2.05) is 13.0 Å². The van der Waals surface area contributed by atoms with Gasteiger partial charge < -0.3 is 5.11 Å². The molecule has 0 fully saturated rings. The molecule has 0 amide bonds. The number of carboxylic acids is 1. The van der Waals surface area contributed by atoms with Gasteiger partial charge in [0.1, 0.15) is 4.90 Å². The third-order valence-corrected chi connectivity index (χ3v) is 5.76. The van der Waals surface area contributed by atoms with Crippen LogP contribution in [0.25, 0.3) is 0 Å². The highest BCUT2D eigenvalue weighted by Crippen LogP contribution is 2.32. The summed E-state index contributed by atoms with van der Waals surface area (Å²) in [4.78, 5) is 10.8. The summed E-state index contributed by atoms with van der Waals surface area (Å²) in [5.74, 6) is -1.33. The molecule has 1 aliphatic rings. The molecular formula is C13H13Cl2NO4S. The normalized spacial score (nSPS) is 16.6. The van der Waals surface area contributed by atoms with Crippen molar-refractivity contribution in [1.29, 1.82) is 0 Å². The van der Waals surface area contributed by atoms with E-state index in [4.69, 9.17) is 28.3 Å². The fourth-order valence-electron chi connectivity index (χ4n) is 2.13. The van der Waals surface area contributed by atoms with Gasteiger partial charge in [0.2, 0.25) is 10.0 Å². The van der Waals surface area contributed by atoms with E-state index < -0.39 is 16.0 Å². The second-order valence-electron chi connectivity index (χ2n) is 4.75. The van der Waals surface area contributed by atoms with Crippen LogP contribution in [0.1, 0.15) is 23.7 Å². The third-order valence-electron chi connectivity index (χ3n) is 3.15. The van der Waals surface area contributed by atoms with Gasteiger partial charge in [-0.1, -0.05) is 34.9 Å². The highest BCUT2D eigenvalue weighted by atomic mass is 35.5. The summed E-state index contributed by atoms with van der Waals surface area (Å²) in [7, 11) is -3.89. The van der Waals surface area contributed by atoms with Crippen LogP contribution in [-0.4, -0.2) is 36.9 Å². The minimum Gasteiger partial charge on any atom is -0.478 e. The number of benzene rings is 1. The molecule has 0 radical (unpaired) electrons. The zero-order chi connectivity index (χ0) is 15.8. The van der Waals surface area contributed by atoms with Gasteiger partial charge in [-0.15, -0.1) is 0 Å². The van der Waals surface area contributed by atoms with E-state index in [9.17, 15) is 13.2 Å². The van der Waals surface area contributed by atoms with Crippen LogP contribution in [0.5, 0.6) is 0 Å². The predicted octanol–water partition coefficient (Wildman–Crippen LogP) is 3.03. The molecule has 0 aromatic heterocycles. The first-order chi connectivity index (χ1) is 9.73. The molecule has 2 rings (SSSR count). The van der Waals surface area contributed by atoms with E-state index in [0.29, 0.717) is 13.0 Å². The van der Waals surface area contributed by atoms with Gasteiger partial charge >= 0.3 is 5.97 Å². The smallest absolute Gasteiger partial charge is 0.337 e. The number of halogens is 2. The summed E-state index contributed by atoms with van der Waals surface area (Å²) in [6.45, 7) is 2.42. The molecular weight excluding hydrogens is 337 g/mol. The fraction of sp³-hybridized carbons (Fsp3) is 0.308. The molecule has 1 N–H and O–H groups in total. The van der Waals surface area contributed by atoms with Crippen molar-refractivity contribution >= 4 is 39.2 Å². The first-order valence-electron chi connectivity index (χ1n) is 6.11. The number of rotatable bonds is 3. The Labute approximate surface area is 132 Å². The first-order valence-corrected chi connectivity index (χ1v) is 8.31. The molecule has 1 aromatic carbocycles. The first kappa shape index (κ1) is 16.3. The van der Waals surface area contributed by atoms with Gasteiger partial charge in [-0.05, 0) is 25.5 Å². The SMILES string of the molecule is CC1=CCCN(S(=O)(=O)c2cc(Cl)cc(C(=O)O)c2Cl)C1. The van der Waals surface area contributed by atoms with Gasteiger partial charge in [-0.25, -0.2) is 13.2 Å². The standard InChI is InChI=1S/C13H13Cl2NO4S/c1-8-3-2-4-16(7-8)21(19,20)11-6-9(14)5-10(12(11)15)13(17)18/h3,5-6H,2,4,7H2,1H3,(H,17,18). The van der Waals surface area contributed by atoms with Crippen molar-refractivity contribution < 1.29 is 18.3 Å². The Bertz CT molecular complexity index is 728. The average molecular weight is 350 g/mol. The summed E-state index contributed by atoms with van der Waals surface area (Å²) in [5, 5.41) is 8.77. The van der Waals surface area contributed by atoms with Gasteiger partial charge in [0.15, 0.2) is 0 Å². The molecule has 5 nitrogen and oxygen atoms in total. The maximum absolute atomic E-state index is 12.6. The number of carbonyl (C=O) groups is 1. The minimum absolute atomic E-state index is 0.0136. The minimum atomic E-state index is -3.89. The molecule has 1 aliphatic heterocycles. The van der Waals surface area contributed by atoms with Crippen LogP contribution >= 0.6 is 23.2 Å². The lowest BCUT2D eigenvalue weighted by molar-refractivity contribution is 0.0697. The van der Waals surface area contributed by atoms with Gasteiger partial charge in [-0.3, -0.25) is 0 Å². The maximum atomic E-state index is 12.6. The number of hydrogen-bond donors (Lipinski definition) is 1. The van der Waals surface area contributed by atoms with Crippen LogP contribution in [0, 0.1) is 0 Å². The van der Waals surface area contributed by atoms with E-state index in [1.165, 1.54) is 10.4 Å². The van der Waals surface area contributed by atoms with E-state index in [-0.39, 0.29) is 27.0 Å². The van der Waals surface area contributed by atoms with Crippen LogP contribution < -0.4 is 0 Å². The second-order valence-corrected chi connectivity index (χ2v) is 7.47. The second kappa shape index (κ2) is 5.96. The molecule has 0 unspecified atom stereocenters. The highest BCUT2D eigenvalue weighted by Gasteiger charge is 2.30.